The number of aliphatic imine (C=N–C) groups is 1. The smallest absolute Gasteiger partial charge is 0.157 e. The maximum atomic E-state index is 4.48. The standard InChI is InChI=1S/C9H13N3S2/c1-2-7-5-14-9(12-7)10-3-8-4-13-6-11-8/h4,6-7H,2-3,5H2,1H3,(H,10,12). The van der Waals surface area contributed by atoms with Crippen molar-refractivity contribution in [2.24, 2.45) is 4.99 Å². The molecule has 0 spiro atoms. The summed E-state index contributed by atoms with van der Waals surface area (Å²) in [7, 11) is 0. The van der Waals surface area contributed by atoms with Crippen LogP contribution in [0.3, 0.4) is 0 Å². The van der Waals surface area contributed by atoms with Crippen LogP contribution in [-0.4, -0.2) is 21.9 Å². The molecule has 76 valence electrons. The van der Waals surface area contributed by atoms with E-state index in [1.54, 1.807) is 11.3 Å². The number of rotatable bonds is 3. The van der Waals surface area contributed by atoms with E-state index in [-0.39, 0.29) is 0 Å². The largest absolute Gasteiger partial charge is 0.361 e. The number of nitrogens with one attached hydrogen (secondary N) is 1. The topological polar surface area (TPSA) is 37.3 Å². The van der Waals surface area contributed by atoms with Gasteiger partial charge in [0.05, 0.1) is 17.7 Å². The van der Waals surface area contributed by atoms with Crippen LogP contribution in [0.4, 0.5) is 0 Å². The van der Waals surface area contributed by atoms with E-state index < -0.39 is 0 Å². The Morgan fingerprint density at radius 3 is 3.29 bits per heavy atom. The highest BCUT2D eigenvalue weighted by molar-refractivity contribution is 8.14. The van der Waals surface area contributed by atoms with Gasteiger partial charge in [0.25, 0.3) is 0 Å². The molecule has 1 aromatic heterocycles. The van der Waals surface area contributed by atoms with Crippen LogP contribution < -0.4 is 5.32 Å². The zero-order chi connectivity index (χ0) is 9.80. The maximum absolute atomic E-state index is 4.48. The van der Waals surface area contributed by atoms with Crippen molar-refractivity contribution in [1.82, 2.24) is 10.3 Å². The summed E-state index contributed by atoms with van der Waals surface area (Å²) in [5, 5.41) is 6.51. The lowest BCUT2D eigenvalue weighted by molar-refractivity contribution is 0.666. The molecule has 0 saturated carbocycles. The molecule has 0 radical (unpaired) electrons. The SMILES string of the molecule is CCC1CSC(=NCc2cscn2)N1. The third kappa shape index (κ3) is 2.48. The van der Waals surface area contributed by atoms with Gasteiger partial charge in [-0.05, 0) is 6.42 Å². The minimum atomic E-state index is 0.606. The fourth-order valence-corrected chi connectivity index (χ4v) is 2.85. The molecule has 1 fully saturated rings. The number of hydrogen-bond acceptors (Lipinski definition) is 4. The van der Waals surface area contributed by atoms with Gasteiger partial charge in [-0.15, -0.1) is 11.3 Å². The van der Waals surface area contributed by atoms with E-state index in [1.807, 2.05) is 22.7 Å². The summed E-state index contributed by atoms with van der Waals surface area (Å²) in [6, 6.07) is 0.606. The lowest BCUT2D eigenvalue weighted by Crippen LogP contribution is -2.25. The molecule has 0 aliphatic carbocycles. The molecule has 1 unspecified atom stereocenters. The molecule has 1 saturated heterocycles. The van der Waals surface area contributed by atoms with E-state index in [4.69, 9.17) is 0 Å². The number of nitrogens with zero attached hydrogens (tertiary/aromatic N) is 2. The lowest BCUT2D eigenvalue weighted by Gasteiger charge is -2.04. The van der Waals surface area contributed by atoms with Crippen LogP contribution >= 0.6 is 23.1 Å². The highest BCUT2D eigenvalue weighted by Gasteiger charge is 2.17. The summed E-state index contributed by atoms with van der Waals surface area (Å²) in [4.78, 5) is 8.67. The molecule has 1 aliphatic rings. The molecule has 1 N–H and O–H groups in total. The lowest BCUT2D eigenvalue weighted by atomic mass is 10.3. The van der Waals surface area contributed by atoms with E-state index in [2.05, 4.69) is 22.2 Å². The number of thioether (sulfide) groups is 1. The Labute approximate surface area is 92.0 Å². The molecule has 0 amide bonds. The average Bonchev–Trinajstić information content (AvgIpc) is 2.86. The zero-order valence-electron chi connectivity index (χ0n) is 8.06. The predicted molar refractivity (Wildman–Crippen MR) is 62.9 cm³/mol. The Kier molecular flexibility index (Phi) is 3.42. The van der Waals surface area contributed by atoms with Gasteiger partial charge in [-0.3, -0.25) is 4.99 Å². The zero-order valence-corrected chi connectivity index (χ0v) is 9.70. The quantitative estimate of drug-likeness (QED) is 0.859. The Balaban J connectivity index is 1.87. The van der Waals surface area contributed by atoms with Crippen LogP contribution in [0.2, 0.25) is 0 Å². The summed E-state index contributed by atoms with van der Waals surface area (Å²) in [5.74, 6) is 1.15. The Hall–Kier alpha value is -0.550. The van der Waals surface area contributed by atoms with Crippen molar-refractivity contribution in [3.63, 3.8) is 0 Å². The van der Waals surface area contributed by atoms with Crippen molar-refractivity contribution in [1.29, 1.82) is 0 Å². The van der Waals surface area contributed by atoms with Crippen molar-refractivity contribution in [2.75, 3.05) is 5.75 Å². The van der Waals surface area contributed by atoms with Crippen LogP contribution in [0.25, 0.3) is 0 Å². The second kappa shape index (κ2) is 4.79. The van der Waals surface area contributed by atoms with Crippen LogP contribution in [0, 0.1) is 0 Å². The summed E-state index contributed by atoms with van der Waals surface area (Å²) in [5.41, 5.74) is 2.91. The van der Waals surface area contributed by atoms with Gasteiger partial charge >= 0.3 is 0 Å². The van der Waals surface area contributed by atoms with Crippen molar-refractivity contribution >= 4 is 28.3 Å². The van der Waals surface area contributed by atoms with E-state index in [0.717, 1.165) is 16.6 Å². The third-order valence-corrected chi connectivity index (χ3v) is 3.83. The molecule has 3 nitrogen and oxygen atoms in total. The predicted octanol–water partition coefficient (Wildman–Crippen LogP) is 2.11. The van der Waals surface area contributed by atoms with Crippen LogP contribution in [0.5, 0.6) is 0 Å². The highest BCUT2D eigenvalue weighted by Crippen LogP contribution is 2.16. The maximum Gasteiger partial charge on any atom is 0.157 e. The first-order valence-corrected chi connectivity index (χ1v) is 6.62. The number of hydrogen-bond donors (Lipinski definition) is 1. The first kappa shape index (κ1) is 9.98. The average molecular weight is 227 g/mol. The molecule has 2 rings (SSSR count). The van der Waals surface area contributed by atoms with Gasteiger partial charge in [0, 0.05) is 17.2 Å². The van der Waals surface area contributed by atoms with Gasteiger partial charge in [-0.25, -0.2) is 4.98 Å². The monoisotopic (exact) mass is 227 g/mol. The van der Waals surface area contributed by atoms with Gasteiger partial charge in [-0.2, -0.15) is 0 Å². The second-order valence-electron chi connectivity index (χ2n) is 3.16. The van der Waals surface area contributed by atoms with E-state index in [9.17, 15) is 0 Å². The van der Waals surface area contributed by atoms with E-state index in [0.29, 0.717) is 12.6 Å². The molecule has 1 atom stereocenters. The molecule has 1 aliphatic heterocycles. The van der Waals surface area contributed by atoms with Crippen molar-refractivity contribution < 1.29 is 0 Å². The van der Waals surface area contributed by atoms with Crippen LogP contribution in [0.1, 0.15) is 19.0 Å². The molecule has 5 heteroatoms. The van der Waals surface area contributed by atoms with Gasteiger partial charge in [0.15, 0.2) is 5.17 Å². The molecule has 0 aromatic carbocycles. The molecule has 2 heterocycles. The van der Waals surface area contributed by atoms with E-state index in [1.165, 1.54) is 6.42 Å². The van der Waals surface area contributed by atoms with E-state index >= 15 is 0 Å². The van der Waals surface area contributed by atoms with Gasteiger partial charge in [-0.1, -0.05) is 18.7 Å². The molecular weight excluding hydrogens is 214 g/mol. The fraction of sp³-hybridized carbons (Fsp3) is 0.556. The highest BCUT2D eigenvalue weighted by atomic mass is 32.2. The van der Waals surface area contributed by atoms with Crippen LogP contribution in [0.15, 0.2) is 15.9 Å². The van der Waals surface area contributed by atoms with Crippen molar-refractivity contribution in [2.45, 2.75) is 25.9 Å². The van der Waals surface area contributed by atoms with Crippen molar-refractivity contribution in [3.8, 4) is 0 Å². The normalized spacial score (nSPS) is 24.1. The van der Waals surface area contributed by atoms with Gasteiger partial charge < -0.3 is 5.32 Å². The minimum Gasteiger partial charge on any atom is -0.361 e. The first-order chi connectivity index (χ1) is 6.88. The Morgan fingerprint density at radius 1 is 1.71 bits per heavy atom. The van der Waals surface area contributed by atoms with Crippen LogP contribution in [-0.2, 0) is 6.54 Å². The Morgan fingerprint density at radius 2 is 2.64 bits per heavy atom. The fourth-order valence-electron chi connectivity index (χ4n) is 1.22. The van der Waals surface area contributed by atoms with Crippen molar-refractivity contribution in [3.05, 3.63) is 16.6 Å². The minimum absolute atomic E-state index is 0.606. The summed E-state index contributed by atoms with van der Waals surface area (Å²) in [6.07, 6.45) is 1.17. The molecule has 1 aromatic rings. The van der Waals surface area contributed by atoms with Gasteiger partial charge in [0.1, 0.15) is 0 Å². The molecule has 0 bridgehead atoms. The summed E-state index contributed by atoms with van der Waals surface area (Å²) in [6.45, 7) is 2.90. The number of thiazole rings is 1. The number of amidine groups is 1. The summed E-state index contributed by atoms with van der Waals surface area (Å²) < 4.78 is 0. The summed E-state index contributed by atoms with van der Waals surface area (Å²) >= 11 is 3.43. The second-order valence-corrected chi connectivity index (χ2v) is 4.89. The molecule has 14 heavy (non-hydrogen) atoms. The molecular formula is C9H13N3S2. The first-order valence-electron chi connectivity index (χ1n) is 4.69. The number of aromatic nitrogens is 1. The Bertz CT molecular complexity index is 308. The van der Waals surface area contributed by atoms with Gasteiger partial charge in [0.2, 0.25) is 0 Å². The third-order valence-electron chi connectivity index (χ3n) is 2.11.